The third-order valence-corrected chi connectivity index (χ3v) is 8.58. The number of aryl methyl sites for hydroxylation is 1. The van der Waals surface area contributed by atoms with Crippen LogP contribution in [0.5, 0.6) is 0 Å². The van der Waals surface area contributed by atoms with E-state index >= 15 is 17.6 Å². The van der Waals surface area contributed by atoms with Gasteiger partial charge in [0, 0.05) is 11.5 Å². The van der Waals surface area contributed by atoms with E-state index in [2.05, 4.69) is 19.1 Å². The van der Waals surface area contributed by atoms with Crippen LogP contribution in [-0.4, -0.2) is 6.18 Å². The molecular weight excluding hydrogens is 663 g/mol. The second-order valence-electron chi connectivity index (χ2n) is 12.1. The van der Waals surface area contributed by atoms with Gasteiger partial charge in [0.1, 0.15) is 29.1 Å². The molecule has 6 rings (SSSR count). The lowest BCUT2D eigenvalue weighted by atomic mass is 9.94. The normalized spacial score (nSPS) is 11.6. The average molecular weight is 691 g/mol. The summed E-state index contributed by atoms with van der Waals surface area (Å²) >= 11 is 0. The molecule has 0 aromatic heterocycles. The highest BCUT2D eigenvalue weighted by Crippen LogP contribution is 2.37. The first-order chi connectivity index (χ1) is 23.8. The summed E-state index contributed by atoms with van der Waals surface area (Å²) in [5.41, 5.74) is -0.210. The van der Waals surface area contributed by atoms with Gasteiger partial charge in [0.25, 0.3) is 0 Å². The molecule has 0 atom stereocenters. The predicted octanol–water partition coefficient (Wildman–Crippen LogP) is 12.9. The largest absolute Gasteiger partial charge is 0.458 e. The standard InChI is InChI=1S/C41H27F9/c1-2-3-4-5-6-23-7-8-25-16-26(10-9-24(25)15-23)27-11-12-31(33(42)18-27)28-19-35(44)38(36(45)20-28)29-17-30-21-34(43)32(13-14-41(48,49)50)40(47)39(30)37(46)22-29/h7-12,15-22H,2-6H2,1H3. The molecule has 254 valence electrons. The van der Waals surface area contributed by atoms with Crippen molar-refractivity contribution < 1.29 is 39.5 Å². The van der Waals surface area contributed by atoms with Crippen molar-refractivity contribution in [3.63, 3.8) is 0 Å². The first-order valence-corrected chi connectivity index (χ1v) is 15.9. The molecule has 0 nitrogen and oxygen atoms in total. The summed E-state index contributed by atoms with van der Waals surface area (Å²) in [5.74, 6) is -5.75. The van der Waals surface area contributed by atoms with Gasteiger partial charge in [-0.15, -0.1) is 0 Å². The van der Waals surface area contributed by atoms with E-state index in [9.17, 15) is 22.0 Å². The summed E-state index contributed by atoms with van der Waals surface area (Å²) in [7, 11) is 0. The Morgan fingerprint density at radius 1 is 0.540 bits per heavy atom. The van der Waals surface area contributed by atoms with Crippen LogP contribution in [0.1, 0.15) is 43.7 Å². The lowest BCUT2D eigenvalue weighted by Gasteiger charge is -2.13. The summed E-state index contributed by atoms with van der Waals surface area (Å²) in [4.78, 5) is 0. The molecule has 0 fully saturated rings. The number of hydrogen-bond donors (Lipinski definition) is 0. The Bertz CT molecular complexity index is 2300. The minimum absolute atomic E-state index is 0.104. The molecule has 0 heterocycles. The number of hydrogen-bond acceptors (Lipinski definition) is 0. The minimum Gasteiger partial charge on any atom is -0.206 e. The second kappa shape index (κ2) is 13.9. The van der Waals surface area contributed by atoms with E-state index in [1.54, 1.807) is 6.07 Å². The van der Waals surface area contributed by atoms with Crippen molar-refractivity contribution in [2.75, 3.05) is 0 Å². The Morgan fingerprint density at radius 3 is 1.86 bits per heavy atom. The molecule has 0 aliphatic heterocycles. The number of fused-ring (bicyclic) bond motifs is 2. The lowest BCUT2D eigenvalue weighted by molar-refractivity contribution is -0.0696. The summed E-state index contributed by atoms with van der Waals surface area (Å²) < 4.78 is 128. The van der Waals surface area contributed by atoms with Crippen molar-refractivity contribution in [1.82, 2.24) is 0 Å². The fourth-order valence-electron chi connectivity index (χ4n) is 6.12. The Balaban J connectivity index is 1.29. The van der Waals surface area contributed by atoms with E-state index in [1.165, 1.54) is 42.9 Å². The molecule has 0 spiro atoms. The Kier molecular flexibility index (Phi) is 9.66. The third-order valence-electron chi connectivity index (χ3n) is 8.58. The zero-order chi connectivity index (χ0) is 35.7. The Labute approximate surface area is 282 Å². The summed E-state index contributed by atoms with van der Waals surface area (Å²) in [6, 6.07) is 20.0. The summed E-state index contributed by atoms with van der Waals surface area (Å²) in [5, 5.41) is 0.630. The number of alkyl halides is 3. The smallest absolute Gasteiger partial charge is 0.206 e. The van der Waals surface area contributed by atoms with Gasteiger partial charge in [0.05, 0.1) is 16.5 Å². The van der Waals surface area contributed by atoms with Crippen LogP contribution in [0.3, 0.4) is 0 Å². The maximum atomic E-state index is 15.5. The van der Waals surface area contributed by atoms with Crippen LogP contribution in [0.4, 0.5) is 39.5 Å². The highest BCUT2D eigenvalue weighted by Gasteiger charge is 2.25. The van der Waals surface area contributed by atoms with Crippen molar-refractivity contribution in [3.05, 3.63) is 131 Å². The van der Waals surface area contributed by atoms with E-state index in [-0.39, 0.29) is 11.1 Å². The van der Waals surface area contributed by atoms with E-state index < -0.39 is 68.5 Å². The van der Waals surface area contributed by atoms with Crippen molar-refractivity contribution in [2.45, 2.75) is 45.2 Å². The van der Waals surface area contributed by atoms with Crippen molar-refractivity contribution >= 4 is 21.5 Å². The van der Waals surface area contributed by atoms with E-state index in [4.69, 9.17) is 0 Å². The Morgan fingerprint density at radius 2 is 1.16 bits per heavy atom. The highest BCUT2D eigenvalue weighted by molar-refractivity contribution is 5.91. The molecule has 9 heteroatoms. The Hall–Kier alpha value is -5.23. The zero-order valence-electron chi connectivity index (χ0n) is 26.5. The molecule has 0 aliphatic carbocycles. The van der Waals surface area contributed by atoms with Crippen molar-refractivity contribution in [3.8, 4) is 45.2 Å². The van der Waals surface area contributed by atoms with Gasteiger partial charge >= 0.3 is 6.18 Å². The molecule has 0 unspecified atom stereocenters. The number of unbranched alkanes of at least 4 members (excludes halogenated alkanes) is 3. The van der Waals surface area contributed by atoms with Gasteiger partial charge in [0.2, 0.25) is 0 Å². The zero-order valence-corrected chi connectivity index (χ0v) is 26.5. The molecule has 0 saturated carbocycles. The highest BCUT2D eigenvalue weighted by atomic mass is 19.4. The van der Waals surface area contributed by atoms with Crippen LogP contribution in [0, 0.1) is 46.7 Å². The van der Waals surface area contributed by atoms with E-state index in [1.807, 2.05) is 24.3 Å². The van der Waals surface area contributed by atoms with Gasteiger partial charge in [0.15, 0.2) is 5.82 Å². The van der Waals surface area contributed by atoms with Crippen molar-refractivity contribution in [2.24, 2.45) is 0 Å². The minimum atomic E-state index is -5.06. The van der Waals surface area contributed by atoms with Gasteiger partial charge in [-0.3, -0.25) is 0 Å². The van der Waals surface area contributed by atoms with Gasteiger partial charge in [-0.2, -0.15) is 13.2 Å². The maximum Gasteiger partial charge on any atom is 0.458 e. The van der Waals surface area contributed by atoms with Crippen LogP contribution in [-0.2, 0) is 6.42 Å². The molecule has 0 aliphatic rings. The maximum absolute atomic E-state index is 15.5. The van der Waals surface area contributed by atoms with Crippen LogP contribution in [0.15, 0.2) is 84.9 Å². The van der Waals surface area contributed by atoms with Crippen LogP contribution in [0.2, 0.25) is 0 Å². The molecular formula is C41H27F9. The van der Waals surface area contributed by atoms with Gasteiger partial charge in [-0.05, 0) is 99.3 Å². The van der Waals surface area contributed by atoms with Crippen molar-refractivity contribution in [1.29, 1.82) is 0 Å². The SMILES string of the molecule is CCCCCCc1ccc2cc(-c3ccc(-c4cc(F)c(-c5cc(F)c6c(F)c(C#CC(F)(F)F)c(F)cc6c5)c(F)c4)c(F)c3)ccc2c1. The molecule has 50 heavy (non-hydrogen) atoms. The molecule has 6 aromatic carbocycles. The number of benzene rings is 6. The molecule has 6 aromatic rings. The topological polar surface area (TPSA) is 0 Å². The average Bonchev–Trinajstić information content (AvgIpc) is 3.05. The first kappa shape index (κ1) is 34.6. The van der Waals surface area contributed by atoms with E-state index in [0.29, 0.717) is 17.7 Å². The van der Waals surface area contributed by atoms with Gasteiger partial charge < -0.3 is 0 Å². The fraction of sp³-hybridized carbons (Fsp3) is 0.171. The summed E-state index contributed by atoms with van der Waals surface area (Å²) in [6.45, 7) is 2.17. The van der Waals surface area contributed by atoms with Crippen LogP contribution in [0.25, 0.3) is 54.9 Å². The first-order valence-electron chi connectivity index (χ1n) is 15.9. The number of halogens is 9. The lowest BCUT2D eigenvalue weighted by Crippen LogP contribution is -2.03. The summed E-state index contributed by atoms with van der Waals surface area (Å²) in [6.07, 6.45) is 0.637. The molecule has 0 N–H and O–H groups in total. The van der Waals surface area contributed by atoms with Crippen LogP contribution >= 0.6 is 0 Å². The van der Waals surface area contributed by atoms with E-state index in [0.717, 1.165) is 53.3 Å². The molecule has 0 bridgehead atoms. The monoisotopic (exact) mass is 690 g/mol. The predicted molar refractivity (Wildman–Crippen MR) is 178 cm³/mol. The van der Waals surface area contributed by atoms with Crippen LogP contribution < -0.4 is 0 Å². The second-order valence-corrected chi connectivity index (χ2v) is 12.1. The van der Waals surface area contributed by atoms with Gasteiger partial charge in [-0.1, -0.05) is 74.6 Å². The third kappa shape index (κ3) is 7.20. The molecule has 0 amide bonds. The fourth-order valence-corrected chi connectivity index (χ4v) is 6.12. The molecule has 0 saturated heterocycles. The van der Waals surface area contributed by atoms with Gasteiger partial charge in [-0.25, -0.2) is 26.3 Å². The number of rotatable bonds is 8. The quantitative estimate of drug-likeness (QED) is 0.0847. The molecule has 0 radical (unpaired) electrons.